The van der Waals surface area contributed by atoms with Crippen molar-refractivity contribution in [2.24, 2.45) is 0 Å². The maximum atomic E-state index is 13.1. The van der Waals surface area contributed by atoms with Crippen LogP contribution in [0.3, 0.4) is 0 Å². The summed E-state index contributed by atoms with van der Waals surface area (Å²) in [5.41, 5.74) is 29.3. The van der Waals surface area contributed by atoms with Crippen molar-refractivity contribution in [3.8, 4) is 0 Å². The smallest absolute Gasteiger partial charge is 0.744 e. The van der Waals surface area contributed by atoms with E-state index in [4.69, 9.17) is 28.7 Å². The van der Waals surface area contributed by atoms with E-state index in [1.165, 1.54) is 24.3 Å². The standard InChI is InChI=1S/C20H15N3O5S.C14H8BrNO5S.C6H8N2.2C2H6.2Na/c21-10-5-7-11(8-6-10)23-14-9-15(29(26,27)28)18(22)17-16(14)19(24)12-3-1-2-4-13(12)20(17)25;15-8-5-9(22(19,20)21)12(16)11-10(8)13(17)6-3-1-2-4-7(6)14(11)18;7-5-1-2-6(8)4-3-5;2*1-2;;/h1-9,23H,21-22H2,(H,26,27,28);1-5H,16H2,(H,19,20,21);1-4H,7-8H2;2*1-2H3;;/q;;;;;2*+1/p-2. The molecule has 0 fully saturated rings. The summed E-state index contributed by atoms with van der Waals surface area (Å²) in [5, 5.41) is 2.89. The van der Waals surface area contributed by atoms with Crippen molar-refractivity contribution >= 4 is 99.1 Å². The zero-order valence-electron chi connectivity index (χ0n) is 36.1. The molecule has 0 unspecified atom stereocenters. The molecular weight excluding hydrogens is 963 g/mol. The maximum absolute atomic E-state index is 13.1. The van der Waals surface area contributed by atoms with Crippen molar-refractivity contribution in [1.29, 1.82) is 0 Å². The number of fused-ring (bicyclic) bond motifs is 4. The third-order valence-corrected chi connectivity index (χ3v) is 11.4. The number of nitrogens with two attached hydrogens (primary N) is 5. The third-order valence-electron chi connectivity index (χ3n) is 9.02. The molecule has 0 amide bonds. The zero-order chi connectivity index (χ0) is 47.1. The van der Waals surface area contributed by atoms with Crippen LogP contribution in [-0.4, -0.2) is 49.1 Å². The molecule has 0 bridgehead atoms. The van der Waals surface area contributed by atoms with Crippen LogP contribution in [0.4, 0.5) is 39.8 Å². The van der Waals surface area contributed by atoms with Crippen LogP contribution in [0.2, 0.25) is 0 Å². The summed E-state index contributed by atoms with van der Waals surface area (Å²) >= 11 is 3.05. The number of nitrogen functional groups attached to an aromatic ring is 5. The van der Waals surface area contributed by atoms with Crippen molar-refractivity contribution in [1.82, 2.24) is 0 Å². The molecule has 0 aromatic heterocycles. The molecule has 65 heavy (non-hydrogen) atoms. The van der Waals surface area contributed by atoms with Crippen molar-refractivity contribution in [2.45, 2.75) is 37.5 Å². The first-order chi connectivity index (χ1) is 29.7. The van der Waals surface area contributed by atoms with Gasteiger partial charge < -0.3 is 43.1 Å². The second kappa shape index (κ2) is 23.5. The van der Waals surface area contributed by atoms with Crippen molar-refractivity contribution in [2.75, 3.05) is 34.0 Å². The molecule has 328 valence electrons. The van der Waals surface area contributed by atoms with Gasteiger partial charge in [0.05, 0.1) is 49.1 Å². The number of benzene rings is 6. The minimum absolute atomic E-state index is 0. The Bertz CT molecular complexity index is 2990. The van der Waals surface area contributed by atoms with Crippen molar-refractivity contribution in [3.05, 3.63) is 158 Å². The van der Waals surface area contributed by atoms with Gasteiger partial charge in [-0.1, -0.05) is 76.2 Å². The first-order valence-corrected chi connectivity index (χ1v) is 22.4. The number of ketones is 4. The van der Waals surface area contributed by atoms with Crippen LogP contribution < -0.4 is 93.1 Å². The summed E-state index contributed by atoms with van der Waals surface area (Å²) < 4.78 is 69.1. The summed E-state index contributed by atoms with van der Waals surface area (Å²) in [5.74, 6) is -2.18. The van der Waals surface area contributed by atoms with Gasteiger partial charge in [-0.3, -0.25) is 19.2 Å². The van der Waals surface area contributed by atoms with Gasteiger partial charge >= 0.3 is 59.1 Å². The zero-order valence-corrected chi connectivity index (χ0v) is 43.3. The third kappa shape index (κ3) is 12.3. The van der Waals surface area contributed by atoms with Crippen LogP contribution in [0, 0.1) is 0 Å². The fraction of sp³-hybridized carbons (Fsp3) is 0.0909. The fourth-order valence-corrected chi connectivity index (χ4v) is 8.30. The first kappa shape index (κ1) is 56.2. The van der Waals surface area contributed by atoms with Crippen molar-refractivity contribution in [3.63, 3.8) is 0 Å². The molecule has 21 heteroatoms. The molecule has 6 aromatic rings. The Balaban J connectivity index is 0.000000356. The second-order valence-electron chi connectivity index (χ2n) is 12.8. The number of carbonyl (C=O) groups excluding carboxylic acids is 4. The molecule has 0 aliphatic heterocycles. The number of rotatable bonds is 4. The van der Waals surface area contributed by atoms with E-state index in [0.717, 1.165) is 23.5 Å². The van der Waals surface area contributed by atoms with Gasteiger partial charge in [-0.25, -0.2) is 16.8 Å². The molecule has 0 heterocycles. The molecule has 16 nitrogen and oxygen atoms in total. The topological polar surface area (TPSA) is 325 Å². The average Bonchev–Trinajstić information content (AvgIpc) is 3.26. The minimum Gasteiger partial charge on any atom is -0.744 e. The number of carbonyl (C=O) groups is 4. The Labute approximate surface area is 428 Å². The summed E-state index contributed by atoms with van der Waals surface area (Å²) in [6.07, 6.45) is 0. The van der Waals surface area contributed by atoms with E-state index in [-0.39, 0.29) is 114 Å². The van der Waals surface area contributed by atoms with Gasteiger partial charge in [0.2, 0.25) is 0 Å². The molecular formula is C44H41BrN6Na2O10S2. The Morgan fingerprint density at radius 3 is 1.11 bits per heavy atom. The summed E-state index contributed by atoms with van der Waals surface area (Å²) in [6, 6.07) is 27.7. The Hall–Kier alpha value is -4.90. The number of hydrogen-bond donors (Lipinski definition) is 6. The van der Waals surface area contributed by atoms with E-state index in [1.807, 2.05) is 27.7 Å². The predicted molar refractivity (Wildman–Crippen MR) is 244 cm³/mol. The van der Waals surface area contributed by atoms with E-state index >= 15 is 0 Å². The number of anilines is 7. The van der Waals surface area contributed by atoms with Crippen LogP contribution in [-0.2, 0) is 20.2 Å². The van der Waals surface area contributed by atoms with Crippen LogP contribution in [0.15, 0.2) is 123 Å². The molecule has 8 rings (SSSR count). The molecule has 11 N–H and O–H groups in total. The maximum Gasteiger partial charge on any atom is 1.00 e. The summed E-state index contributed by atoms with van der Waals surface area (Å²) in [4.78, 5) is 49.8. The molecule has 2 aliphatic carbocycles. The normalized spacial score (nSPS) is 11.7. The number of hydrogen-bond acceptors (Lipinski definition) is 16. The average molecular weight is 1000 g/mol. The van der Waals surface area contributed by atoms with Crippen LogP contribution in [0.5, 0.6) is 0 Å². The Kier molecular flexibility index (Phi) is 20.3. The first-order valence-electron chi connectivity index (χ1n) is 18.8. The predicted octanol–water partition coefficient (Wildman–Crippen LogP) is 0.896. The summed E-state index contributed by atoms with van der Waals surface area (Å²) in [6.45, 7) is 8.00. The van der Waals surface area contributed by atoms with Crippen LogP contribution >= 0.6 is 15.9 Å². The van der Waals surface area contributed by atoms with E-state index < -0.39 is 64.5 Å². The van der Waals surface area contributed by atoms with E-state index in [1.54, 1.807) is 72.8 Å². The summed E-state index contributed by atoms with van der Waals surface area (Å²) in [7, 11) is -9.88. The molecule has 6 aromatic carbocycles. The van der Waals surface area contributed by atoms with Gasteiger partial charge in [0.1, 0.15) is 20.2 Å². The Morgan fingerprint density at radius 2 is 0.754 bits per heavy atom. The van der Waals surface area contributed by atoms with Gasteiger partial charge in [0.15, 0.2) is 23.1 Å². The SMILES string of the molecule is CC.CC.Nc1c(S(=O)(=O)[O-])cc(Br)c2c1C(=O)c1ccccc1C2=O.Nc1ccc(N)cc1.Nc1ccc(Nc2cc(S(=O)(=O)[O-])c(N)c3c2C(=O)c2ccccc2C3=O)cc1.[Na+].[Na+]. The molecule has 0 saturated heterocycles. The van der Waals surface area contributed by atoms with Gasteiger partial charge in [0, 0.05) is 49.5 Å². The quantitative estimate of drug-likeness (QED) is 0.0810. The van der Waals surface area contributed by atoms with Gasteiger partial charge in [0.25, 0.3) is 0 Å². The monoisotopic (exact) mass is 1000 g/mol. The van der Waals surface area contributed by atoms with E-state index in [2.05, 4.69) is 21.2 Å². The van der Waals surface area contributed by atoms with Gasteiger partial charge in [-0.2, -0.15) is 0 Å². The van der Waals surface area contributed by atoms with E-state index in [0.29, 0.717) is 11.4 Å². The molecule has 0 saturated carbocycles. The van der Waals surface area contributed by atoms with Crippen molar-refractivity contribution < 1.29 is 104 Å². The number of nitrogens with one attached hydrogen (secondary N) is 1. The fourth-order valence-electron chi connectivity index (χ4n) is 6.27. The van der Waals surface area contributed by atoms with Crippen LogP contribution in [0.25, 0.3) is 0 Å². The molecule has 0 atom stereocenters. The Morgan fingerprint density at radius 1 is 0.462 bits per heavy atom. The number of halogens is 1. The minimum atomic E-state index is -5.01. The second-order valence-corrected chi connectivity index (χ2v) is 16.4. The van der Waals surface area contributed by atoms with Crippen LogP contribution in [0.1, 0.15) is 91.4 Å². The molecule has 0 radical (unpaired) electrons. The van der Waals surface area contributed by atoms with Gasteiger partial charge in [-0.15, -0.1) is 0 Å². The molecule has 0 spiro atoms. The molecule has 2 aliphatic rings. The van der Waals surface area contributed by atoms with Gasteiger partial charge in [-0.05, 0) is 76.6 Å². The van der Waals surface area contributed by atoms with E-state index in [9.17, 15) is 45.1 Å². The largest absolute Gasteiger partial charge is 1.00 e.